The molecule has 0 radical (unpaired) electrons. The van der Waals surface area contributed by atoms with Gasteiger partial charge >= 0.3 is 0 Å². The number of nitrogens with zero attached hydrogens (tertiary/aromatic N) is 7. The predicted molar refractivity (Wildman–Crippen MR) is 143 cm³/mol. The number of methoxy groups -OCH3 is 2. The van der Waals surface area contributed by atoms with Crippen molar-refractivity contribution in [1.29, 1.82) is 0 Å². The fourth-order valence-corrected chi connectivity index (χ4v) is 4.68. The third-order valence-electron chi connectivity index (χ3n) is 5.80. The molecule has 0 bridgehead atoms. The first kappa shape index (κ1) is 28.4. The van der Waals surface area contributed by atoms with E-state index in [9.17, 15) is 17.6 Å². The number of ether oxygens (including phenoxy) is 2. The van der Waals surface area contributed by atoms with Crippen molar-refractivity contribution in [2.75, 3.05) is 33.0 Å². The Morgan fingerprint density at radius 2 is 1.68 bits per heavy atom. The molecule has 0 fully saturated rings. The average molecular weight is 571 g/mol. The smallest absolute Gasteiger partial charge is 0.271 e. The van der Waals surface area contributed by atoms with Crippen molar-refractivity contribution in [3.8, 4) is 28.7 Å². The first-order chi connectivity index (χ1) is 19.1. The lowest BCUT2D eigenvalue weighted by Crippen LogP contribution is -2.29. The number of sulfonamides is 1. The molecule has 210 valence electrons. The van der Waals surface area contributed by atoms with Crippen molar-refractivity contribution in [3.05, 3.63) is 66.1 Å². The monoisotopic (exact) mass is 570 g/mol. The maximum atomic E-state index is 13.4. The Morgan fingerprint density at radius 3 is 2.27 bits per heavy atom. The SMILES string of the molecule is COc1cccc(OC)c1-n1c(NS(=O)(=O)[C@@H](C)Cc2ncc(F)cn2)nnc1-c1cccc(C(=O)N(C)C)n1. The zero-order valence-corrected chi connectivity index (χ0v) is 23.2. The Hall–Kier alpha value is -4.66. The summed E-state index contributed by atoms with van der Waals surface area (Å²) >= 11 is 0. The lowest BCUT2D eigenvalue weighted by atomic mass is 10.2. The van der Waals surface area contributed by atoms with E-state index in [2.05, 4.69) is 29.9 Å². The van der Waals surface area contributed by atoms with Gasteiger partial charge in [-0.05, 0) is 31.2 Å². The second kappa shape index (κ2) is 11.6. The van der Waals surface area contributed by atoms with Gasteiger partial charge in [0.05, 0.1) is 31.9 Å². The van der Waals surface area contributed by atoms with Crippen LogP contribution in [0.2, 0.25) is 0 Å². The standard InChI is InChI=1S/C25H27FN8O5S/c1-15(12-21-27-13-16(26)14-28-21)40(36,37)32-25-31-30-23(17-8-6-9-18(29-17)24(35)33(2)3)34(25)22-19(38-4)10-7-11-20(22)39-5/h6-11,13-15H,12H2,1-5H3,(H,31,32)/t15-/m0/s1. The molecule has 0 saturated carbocycles. The molecular formula is C25H27FN8O5S. The van der Waals surface area contributed by atoms with Crippen LogP contribution in [0.4, 0.5) is 10.3 Å². The second-order valence-corrected chi connectivity index (χ2v) is 10.9. The lowest BCUT2D eigenvalue weighted by molar-refractivity contribution is 0.0822. The van der Waals surface area contributed by atoms with Gasteiger partial charge in [-0.2, -0.15) is 0 Å². The van der Waals surface area contributed by atoms with Crippen LogP contribution < -0.4 is 14.2 Å². The highest BCUT2D eigenvalue weighted by molar-refractivity contribution is 7.93. The fraction of sp³-hybridized carbons (Fsp3) is 0.280. The summed E-state index contributed by atoms with van der Waals surface area (Å²) in [5.74, 6) is -0.226. The van der Waals surface area contributed by atoms with Crippen molar-refractivity contribution >= 4 is 21.9 Å². The number of amides is 1. The number of rotatable bonds is 10. The number of aromatic nitrogens is 6. The minimum atomic E-state index is -4.10. The van der Waals surface area contributed by atoms with Gasteiger partial charge in [0.15, 0.2) is 11.6 Å². The van der Waals surface area contributed by atoms with Crippen LogP contribution in [0.15, 0.2) is 48.8 Å². The summed E-state index contributed by atoms with van der Waals surface area (Å²) in [6.07, 6.45) is 1.84. The number of hydrogen-bond donors (Lipinski definition) is 1. The van der Waals surface area contributed by atoms with Crippen LogP contribution >= 0.6 is 0 Å². The number of pyridine rings is 1. The van der Waals surface area contributed by atoms with Crippen molar-refractivity contribution < 1.29 is 27.1 Å². The van der Waals surface area contributed by atoms with Gasteiger partial charge in [0.2, 0.25) is 16.0 Å². The molecule has 0 saturated heterocycles. The van der Waals surface area contributed by atoms with Crippen LogP contribution in [0, 0.1) is 5.82 Å². The van der Waals surface area contributed by atoms with Gasteiger partial charge in [0.25, 0.3) is 5.91 Å². The molecule has 3 aromatic heterocycles. The minimum absolute atomic E-state index is 0.0924. The minimum Gasteiger partial charge on any atom is -0.494 e. The number of anilines is 1. The molecule has 15 heteroatoms. The molecule has 40 heavy (non-hydrogen) atoms. The summed E-state index contributed by atoms with van der Waals surface area (Å²) in [6.45, 7) is 1.46. The molecule has 0 aliphatic carbocycles. The van der Waals surface area contributed by atoms with E-state index < -0.39 is 21.1 Å². The van der Waals surface area contributed by atoms with E-state index in [0.717, 1.165) is 12.4 Å². The summed E-state index contributed by atoms with van der Waals surface area (Å²) in [5.41, 5.74) is 0.691. The van der Waals surface area contributed by atoms with Gasteiger partial charge in [-0.1, -0.05) is 12.1 Å². The van der Waals surface area contributed by atoms with E-state index in [4.69, 9.17) is 9.47 Å². The van der Waals surface area contributed by atoms with Crippen LogP contribution in [-0.2, 0) is 16.4 Å². The second-order valence-electron chi connectivity index (χ2n) is 8.78. The molecule has 1 aromatic carbocycles. The van der Waals surface area contributed by atoms with Gasteiger partial charge in [-0.25, -0.2) is 27.8 Å². The lowest BCUT2D eigenvalue weighted by Gasteiger charge is -2.19. The largest absolute Gasteiger partial charge is 0.494 e. The summed E-state index contributed by atoms with van der Waals surface area (Å²) in [5, 5.41) is 7.29. The summed E-state index contributed by atoms with van der Waals surface area (Å²) in [6, 6.07) is 9.82. The number of carbonyl (C=O) groups is 1. The number of halogens is 1. The molecule has 4 aromatic rings. The first-order valence-electron chi connectivity index (χ1n) is 11.9. The third kappa shape index (κ3) is 5.83. The van der Waals surface area contributed by atoms with E-state index in [1.165, 1.54) is 30.6 Å². The fourth-order valence-electron chi connectivity index (χ4n) is 3.73. The average Bonchev–Trinajstić information content (AvgIpc) is 3.35. The van der Waals surface area contributed by atoms with Gasteiger partial charge in [-0.15, -0.1) is 10.2 Å². The van der Waals surface area contributed by atoms with E-state index >= 15 is 0 Å². The number of hydrogen-bond acceptors (Lipinski definition) is 10. The zero-order valence-electron chi connectivity index (χ0n) is 22.4. The quantitative estimate of drug-likeness (QED) is 0.300. The van der Waals surface area contributed by atoms with E-state index in [0.29, 0.717) is 17.2 Å². The van der Waals surface area contributed by atoms with Crippen LogP contribution in [0.1, 0.15) is 23.2 Å². The van der Waals surface area contributed by atoms with E-state index in [-0.39, 0.29) is 41.3 Å². The highest BCUT2D eigenvalue weighted by Gasteiger charge is 2.29. The van der Waals surface area contributed by atoms with Crippen LogP contribution in [0.5, 0.6) is 11.5 Å². The molecule has 1 N–H and O–H groups in total. The third-order valence-corrected chi connectivity index (χ3v) is 7.49. The predicted octanol–water partition coefficient (Wildman–Crippen LogP) is 2.35. The number of para-hydroxylation sites is 1. The summed E-state index contributed by atoms with van der Waals surface area (Å²) in [7, 11) is 2.00. The first-order valence-corrected chi connectivity index (χ1v) is 13.4. The van der Waals surface area contributed by atoms with Gasteiger partial charge in [0.1, 0.15) is 34.4 Å². The van der Waals surface area contributed by atoms with Crippen molar-refractivity contribution in [2.45, 2.75) is 18.6 Å². The van der Waals surface area contributed by atoms with Gasteiger partial charge < -0.3 is 14.4 Å². The Balaban J connectivity index is 1.84. The molecule has 0 aliphatic heterocycles. The van der Waals surface area contributed by atoms with Crippen LogP contribution in [0.3, 0.4) is 0 Å². The number of carbonyl (C=O) groups excluding carboxylic acids is 1. The molecule has 0 spiro atoms. The molecule has 0 unspecified atom stereocenters. The molecule has 4 rings (SSSR count). The van der Waals surface area contributed by atoms with Crippen molar-refractivity contribution in [1.82, 2.24) is 34.6 Å². The molecular weight excluding hydrogens is 543 g/mol. The molecule has 3 heterocycles. The maximum absolute atomic E-state index is 13.4. The summed E-state index contributed by atoms with van der Waals surface area (Å²) < 4.78 is 54.9. The number of benzene rings is 1. The maximum Gasteiger partial charge on any atom is 0.271 e. The van der Waals surface area contributed by atoms with Crippen LogP contribution in [0.25, 0.3) is 17.2 Å². The van der Waals surface area contributed by atoms with Crippen LogP contribution in [-0.4, -0.2) is 82.5 Å². The highest BCUT2D eigenvalue weighted by Crippen LogP contribution is 2.37. The molecule has 1 atom stereocenters. The normalized spacial score (nSPS) is 12.1. The van der Waals surface area contributed by atoms with Crippen molar-refractivity contribution in [2.24, 2.45) is 0 Å². The molecule has 1 amide bonds. The highest BCUT2D eigenvalue weighted by atomic mass is 32.2. The topological polar surface area (TPSA) is 154 Å². The Labute approximate surface area is 230 Å². The summed E-state index contributed by atoms with van der Waals surface area (Å²) in [4.78, 5) is 26.1. The van der Waals surface area contributed by atoms with Gasteiger partial charge in [0, 0.05) is 20.5 Å². The van der Waals surface area contributed by atoms with Gasteiger partial charge in [-0.3, -0.25) is 14.1 Å². The van der Waals surface area contributed by atoms with E-state index in [1.807, 2.05) is 0 Å². The Kier molecular flexibility index (Phi) is 8.23. The van der Waals surface area contributed by atoms with E-state index in [1.54, 1.807) is 50.5 Å². The molecule has 0 aliphatic rings. The number of nitrogens with one attached hydrogen (secondary N) is 1. The zero-order chi connectivity index (χ0) is 29.0. The Morgan fingerprint density at radius 1 is 1.05 bits per heavy atom. The Bertz CT molecular complexity index is 1600. The van der Waals surface area contributed by atoms with Crippen molar-refractivity contribution in [3.63, 3.8) is 0 Å². The molecule has 13 nitrogen and oxygen atoms in total.